The molecule has 8 nitrogen and oxygen atoms in total. The van der Waals surface area contributed by atoms with Gasteiger partial charge in [-0.05, 0) is 31.0 Å². The maximum atomic E-state index is 12.3. The van der Waals surface area contributed by atoms with E-state index in [9.17, 15) is 13.2 Å². The SMILES string of the molecule is CS(=O)(=O)N1CCC[C@@H]1C(=O)Nc1ccc(-n2cccn2)nc1. The Morgan fingerprint density at radius 3 is 2.83 bits per heavy atom. The first-order chi connectivity index (χ1) is 10.9. The number of hydrogen-bond donors (Lipinski definition) is 1. The molecule has 0 bridgehead atoms. The van der Waals surface area contributed by atoms with Crippen LogP contribution in [0.5, 0.6) is 0 Å². The summed E-state index contributed by atoms with van der Waals surface area (Å²) >= 11 is 0. The lowest BCUT2D eigenvalue weighted by Gasteiger charge is -2.21. The van der Waals surface area contributed by atoms with E-state index in [0.717, 1.165) is 6.26 Å². The van der Waals surface area contributed by atoms with E-state index in [4.69, 9.17) is 0 Å². The van der Waals surface area contributed by atoms with Gasteiger partial charge in [-0.25, -0.2) is 18.1 Å². The molecule has 1 fully saturated rings. The van der Waals surface area contributed by atoms with Crippen LogP contribution in [0.4, 0.5) is 5.69 Å². The molecular formula is C14H17N5O3S. The lowest BCUT2D eigenvalue weighted by molar-refractivity contribution is -0.119. The highest BCUT2D eigenvalue weighted by Gasteiger charge is 2.36. The molecule has 1 aliphatic heterocycles. The standard InChI is InChI=1S/C14H17N5O3S/c1-23(21,22)19-9-2-4-12(19)14(20)17-11-5-6-13(15-10-11)18-8-3-7-16-18/h3,5-8,10,12H,2,4,9H2,1H3,(H,17,20)/t12-/m1/s1. The van der Waals surface area contributed by atoms with E-state index in [0.29, 0.717) is 30.9 Å². The van der Waals surface area contributed by atoms with Crippen LogP contribution < -0.4 is 5.32 Å². The number of hydrogen-bond acceptors (Lipinski definition) is 5. The third-order valence-corrected chi connectivity index (χ3v) is 4.98. The minimum atomic E-state index is -3.38. The van der Waals surface area contributed by atoms with Crippen LogP contribution in [0.25, 0.3) is 5.82 Å². The highest BCUT2D eigenvalue weighted by Crippen LogP contribution is 2.21. The molecule has 3 rings (SSSR count). The predicted molar refractivity (Wildman–Crippen MR) is 84.6 cm³/mol. The first kappa shape index (κ1) is 15.6. The maximum absolute atomic E-state index is 12.3. The van der Waals surface area contributed by atoms with Gasteiger partial charge >= 0.3 is 0 Å². The van der Waals surface area contributed by atoms with Crippen molar-refractivity contribution >= 4 is 21.6 Å². The third kappa shape index (κ3) is 3.40. The fraction of sp³-hybridized carbons (Fsp3) is 0.357. The molecule has 3 heterocycles. The molecule has 1 N–H and O–H groups in total. The quantitative estimate of drug-likeness (QED) is 0.884. The molecule has 122 valence electrons. The maximum Gasteiger partial charge on any atom is 0.242 e. The number of pyridine rings is 1. The van der Waals surface area contributed by atoms with Gasteiger partial charge in [-0.15, -0.1) is 0 Å². The smallest absolute Gasteiger partial charge is 0.242 e. The second-order valence-corrected chi connectivity index (χ2v) is 7.31. The second kappa shape index (κ2) is 6.09. The molecule has 0 saturated carbocycles. The fourth-order valence-electron chi connectivity index (χ4n) is 2.62. The average molecular weight is 335 g/mol. The molecule has 0 aliphatic carbocycles. The van der Waals surface area contributed by atoms with Crippen molar-refractivity contribution in [2.75, 3.05) is 18.1 Å². The zero-order valence-corrected chi connectivity index (χ0v) is 13.4. The van der Waals surface area contributed by atoms with E-state index in [1.807, 2.05) is 0 Å². The topological polar surface area (TPSA) is 97.2 Å². The van der Waals surface area contributed by atoms with Crippen molar-refractivity contribution in [1.29, 1.82) is 0 Å². The lowest BCUT2D eigenvalue weighted by atomic mass is 10.2. The molecular weight excluding hydrogens is 318 g/mol. The van der Waals surface area contributed by atoms with Crippen LogP contribution in [0.15, 0.2) is 36.8 Å². The van der Waals surface area contributed by atoms with Crippen molar-refractivity contribution in [3.63, 3.8) is 0 Å². The van der Waals surface area contributed by atoms with Crippen LogP contribution in [0.2, 0.25) is 0 Å². The van der Waals surface area contributed by atoms with Crippen LogP contribution in [0.1, 0.15) is 12.8 Å². The molecule has 2 aromatic rings. The number of anilines is 1. The summed E-state index contributed by atoms with van der Waals surface area (Å²) < 4.78 is 26.3. The first-order valence-corrected chi connectivity index (χ1v) is 9.04. The van der Waals surface area contributed by atoms with Gasteiger partial charge in [0.1, 0.15) is 6.04 Å². The summed E-state index contributed by atoms with van der Waals surface area (Å²) in [6, 6.07) is 4.57. The summed E-state index contributed by atoms with van der Waals surface area (Å²) in [4.78, 5) is 16.5. The molecule has 1 atom stereocenters. The Balaban J connectivity index is 1.70. The number of nitrogens with zero attached hydrogens (tertiary/aromatic N) is 4. The van der Waals surface area contributed by atoms with Gasteiger partial charge in [0.15, 0.2) is 5.82 Å². The van der Waals surface area contributed by atoms with Crippen molar-refractivity contribution in [3.05, 3.63) is 36.8 Å². The fourth-order valence-corrected chi connectivity index (χ4v) is 3.75. The van der Waals surface area contributed by atoms with Crippen molar-refractivity contribution in [1.82, 2.24) is 19.1 Å². The Hall–Kier alpha value is -2.26. The number of nitrogens with one attached hydrogen (secondary N) is 1. The van der Waals surface area contributed by atoms with E-state index in [2.05, 4.69) is 15.4 Å². The van der Waals surface area contributed by atoms with Crippen molar-refractivity contribution in [2.24, 2.45) is 0 Å². The van der Waals surface area contributed by atoms with E-state index in [1.54, 1.807) is 35.3 Å². The minimum absolute atomic E-state index is 0.332. The summed E-state index contributed by atoms with van der Waals surface area (Å²) in [6.45, 7) is 0.382. The molecule has 1 saturated heterocycles. The Kier molecular flexibility index (Phi) is 4.14. The van der Waals surface area contributed by atoms with Crippen molar-refractivity contribution in [3.8, 4) is 5.82 Å². The molecule has 2 aromatic heterocycles. The van der Waals surface area contributed by atoms with Crippen LogP contribution in [-0.2, 0) is 14.8 Å². The minimum Gasteiger partial charge on any atom is -0.323 e. The lowest BCUT2D eigenvalue weighted by Crippen LogP contribution is -2.42. The number of carbonyl (C=O) groups is 1. The molecule has 9 heteroatoms. The predicted octanol–water partition coefficient (Wildman–Crippen LogP) is 0.630. The van der Waals surface area contributed by atoms with Crippen LogP contribution in [-0.4, -0.2) is 52.2 Å². The normalized spacial score (nSPS) is 18.9. The second-order valence-electron chi connectivity index (χ2n) is 5.38. The Morgan fingerprint density at radius 1 is 1.39 bits per heavy atom. The number of sulfonamides is 1. The van der Waals surface area contributed by atoms with E-state index in [-0.39, 0.29) is 5.91 Å². The van der Waals surface area contributed by atoms with E-state index >= 15 is 0 Å². The Bertz CT molecular complexity index is 786. The van der Waals surface area contributed by atoms with Gasteiger partial charge in [-0.3, -0.25) is 4.79 Å². The first-order valence-electron chi connectivity index (χ1n) is 7.19. The molecule has 0 aromatic carbocycles. The van der Waals surface area contributed by atoms with Gasteiger partial charge in [0.25, 0.3) is 0 Å². The van der Waals surface area contributed by atoms with Gasteiger partial charge in [0, 0.05) is 18.9 Å². The van der Waals surface area contributed by atoms with Gasteiger partial charge in [-0.1, -0.05) is 0 Å². The summed E-state index contributed by atoms with van der Waals surface area (Å²) in [5.74, 6) is 0.299. The van der Waals surface area contributed by atoms with Gasteiger partial charge in [0.05, 0.1) is 18.1 Å². The Labute approximate surface area is 134 Å². The van der Waals surface area contributed by atoms with Crippen molar-refractivity contribution < 1.29 is 13.2 Å². The van der Waals surface area contributed by atoms with Crippen LogP contribution in [0, 0.1) is 0 Å². The molecule has 0 spiro atoms. The van der Waals surface area contributed by atoms with Crippen LogP contribution in [0.3, 0.4) is 0 Å². The van der Waals surface area contributed by atoms with E-state index < -0.39 is 16.1 Å². The highest BCUT2D eigenvalue weighted by atomic mass is 32.2. The number of rotatable bonds is 4. The van der Waals surface area contributed by atoms with Gasteiger partial charge in [-0.2, -0.15) is 9.40 Å². The van der Waals surface area contributed by atoms with Crippen molar-refractivity contribution in [2.45, 2.75) is 18.9 Å². The molecule has 1 amide bonds. The third-order valence-electron chi connectivity index (χ3n) is 3.69. The largest absolute Gasteiger partial charge is 0.323 e. The molecule has 0 radical (unpaired) electrons. The number of carbonyl (C=O) groups excluding carboxylic acids is 1. The average Bonchev–Trinajstić information content (AvgIpc) is 3.19. The zero-order valence-electron chi connectivity index (χ0n) is 12.6. The highest BCUT2D eigenvalue weighted by molar-refractivity contribution is 7.88. The van der Waals surface area contributed by atoms with Gasteiger partial charge < -0.3 is 5.32 Å². The summed E-state index contributed by atoms with van der Waals surface area (Å²) in [5.41, 5.74) is 0.520. The van der Waals surface area contributed by atoms with Crippen LogP contribution >= 0.6 is 0 Å². The monoisotopic (exact) mass is 335 g/mol. The summed E-state index contributed by atoms with van der Waals surface area (Å²) in [6.07, 6.45) is 7.27. The summed E-state index contributed by atoms with van der Waals surface area (Å²) in [5, 5.41) is 6.79. The van der Waals surface area contributed by atoms with E-state index in [1.165, 1.54) is 10.5 Å². The van der Waals surface area contributed by atoms with Gasteiger partial charge in [0.2, 0.25) is 15.9 Å². The number of aromatic nitrogens is 3. The molecule has 0 unspecified atom stereocenters. The zero-order chi connectivity index (χ0) is 16.4. The Morgan fingerprint density at radius 2 is 2.22 bits per heavy atom. The molecule has 1 aliphatic rings. The summed E-state index contributed by atoms with van der Waals surface area (Å²) in [7, 11) is -3.38. The molecule has 23 heavy (non-hydrogen) atoms. The number of amides is 1.